The molecular weight excluding hydrogens is 242 g/mol. The number of carbonyl (C=O) groups is 1. The van der Waals surface area contributed by atoms with Crippen molar-refractivity contribution in [1.82, 2.24) is 4.90 Å². The number of methoxy groups -OCH3 is 2. The number of hydrogen-bond donors (Lipinski definition) is 0. The fourth-order valence-electron chi connectivity index (χ4n) is 2.57. The first kappa shape index (κ1) is 13.9. The Bertz CT molecular complexity index is 433. The predicted molar refractivity (Wildman–Crippen MR) is 73.0 cm³/mol. The topological polar surface area (TPSA) is 38.8 Å². The summed E-state index contributed by atoms with van der Waals surface area (Å²) in [7, 11) is 3.13. The van der Waals surface area contributed by atoms with Crippen molar-refractivity contribution in [2.75, 3.05) is 27.3 Å². The van der Waals surface area contributed by atoms with Crippen LogP contribution in [0.5, 0.6) is 5.75 Å². The Balaban J connectivity index is 1.85. The maximum atomic E-state index is 11.3. The van der Waals surface area contributed by atoms with E-state index in [0.29, 0.717) is 12.3 Å². The monoisotopic (exact) mass is 263 g/mol. The minimum absolute atomic E-state index is 0.103. The SMILES string of the molecule is COC(=O)CC1CCN(Cc2cccc(OC)c2)C1. The third kappa shape index (κ3) is 3.96. The standard InChI is InChI=1S/C15H21NO3/c1-18-14-5-3-4-12(8-14)10-16-7-6-13(11-16)9-15(17)19-2/h3-5,8,13H,6-7,9-11H2,1-2H3. The van der Waals surface area contributed by atoms with Crippen molar-refractivity contribution in [3.05, 3.63) is 29.8 Å². The van der Waals surface area contributed by atoms with Gasteiger partial charge in [0.2, 0.25) is 0 Å². The van der Waals surface area contributed by atoms with Crippen molar-refractivity contribution in [3.8, 4) is 5.75 Å². The number of nitrogens with zero attached hydrogens (tertiary/aromatic N) is 1. The van der Waals surface area contributed by atoms with E-state index < -0.39 is 0 Å². The molecule has 1 atom stereocenters. The molecule has 4 nitrogen and oxygen atoms in total. The van der Waals surface area contributed by atoms with Crippen LogP contribution in [-0.4, -0.2) is 38.2 Å². The first-order valence-corrected chi connectivity index (χ1v) is 6.63. The highest BCUT2D eigenvalue weighted by Crippen LogP contribution is 2.23. The molecule has 0 aliphatic carbocycles. The largest absolute Gasteiger partial charge is 0.497 e. The molecule has 2 rings (SSSR count). The second-order valence-corrected chi connectivity index (χ2v) is 5.02. The van der Waals surface area contributed by atoms with E-state index in [2.05, 4.69) is 17.0 Å². The van der Waals surface area contributed by atoms with Crippen molar-refractivity contribution in [2.45, 2.75) is 19.4 Å². The molecular formula is C15H21NO3. The summed E-state index contributed by atoms with van der Waals surface area (Å²) in [5, 5.41) is 0. The number of likely N-dealkylation sites (tertiary alicyclic amines) is 1. The van der Waals surface area contributed by atoms with E-state index >= 15 is 0 Å². The van der Waals surface area contributed by atoms with Crippen LogP contribution >= 0.6 is 0 Å². The van der Waals surface area contributed by atoms with Gasteiger partial charge in [-0.1, -0.05) is 12.1 Å². The molecule has 104 valence electrons. The van der Waals surface area contributed by atoms with Crippen LogP contribution in [0.4, 0.5) is 0 Å². The lowest BCUT2D eigenvalue weighted by molar-refractivity contribution is -0.141. The first-order valence-electron chi connectivity index (χ1n) is 6.63. The minimum Gasteiger partial charge on any atom is -0.497 e. The molecule has 0 amide bonds. The fraction of sp³-hybridized carbons (Fsp3) is 0.533. The van der Waals surface area contributed by atoms with Gasteiger partial charge in [-0.25, -0.2) is 0 Å². The highest BCUT2D eigenvalue weighted by atomic mass is 16.5. The van der Waals surface area contributed by atoms with E-state index in [9.17, 15) is 4.79 Å². The van der Waals surface area contributed by atoms with Crippen LogP contribution in [0.25, 0.3) is 0 Å². The van der Waals surface area contributed by atoms with Crippen LogP contribution in [0.15, 0.2) is 24.3 Å². The van der Waals surface area contributed by atoms with E-state index in [0.717, 1.165) is 31.8 Å². The number of ether oxygens (including phenoxy) is 2. The highest BCUT2D eigenvalue weighted by Gasteiger charge is 2.24. The van der Waals surface area contributed by atoms with Gasteiger partial charge in [0.25, 0.3) is 0 Å². The maximum absolute atomic E-state index is 11.3. The lowest BCUT2D eigenvalue weighted by Crippen LogP contribution is -2.21. The van der Waals surface area contributed by atoms with Gasteiger partial charge in [0.1, 0.15) is 5.75 Å². The number of rotatable bonds is 5. The predicted octanol–water partition coefficient (Wildman–Crippen LogP) is 2.08. The quantitative estimate of drug-likeness (QED) is 0.762. The summed E-state index contributed by atoms with van der Waals surface area (Å²) in [4.78, 5) is 13.6. The third-order valence-corrected chi connectivity index (χ3v) is 3.59. The number of esters is 1. The van der Waals surface area contributed by atoms with E-state index in [-0.39, 0.29) is 5.97 Å². The Morgan fingerprint density at radius 3 is 3.00 bits per heavy atom. The van der Waals surface area contributed by atoms with Gasteiger partial charge in [0.15, 0.2) is 0 Å². The summed E-state index contributed by atoms with van der Waals surface area (Å²) in [6.45, 7) is 2.92. The Kier molecular flexibility index (Phi) is 4.80. The van der Waals surface area contributed by atoms with E-state index in [1.54, 1.807) is 7.11 Å². The molecule has 0 bridgehead atoms. The molecule has 1 saturated heterocycles. The van der Waals surface area contributed by atoms with Gasteiger partial charge in [-0.2, -0.15) is 0 Å². The van der Waals surface area contributed by atoms with Gasteiger partial charge in [-0.3, -0.25) is 9.69 Å². The number of carbonyl (C=O) groups excluding carboxylic acids is 1. The lowest BCUT2D eigenvalue weighted by atomic mass is 10.1. The van der Waals surface area contributed by atoms with Gasteiger partial charge in [0, 0.05) is 19.5 Å². The summed E-state index contributed by atoms with van der Waals surface area (Å²) in [6, 6.07) is 8.13. The summed E-state index contributed by atoms with van der Waals surface area (Å²) >= 11 is 0. The Labute approximate surface area is 114 Å². The molecule has 1 fully saturated rings. The molecule has 1 aliphatic rings. The zero-order valence-electron chi connectivity index (χ0n) is 11.6. The summed E-state index contributed by atoms with van der Waals surface area (Å²) < 4.78 is 9.95. The molecule has 0 radical (unpaired) electrons. The summed E-state index contributed by atoms with van der Waals surface area (Å²) in [5.41, 5.74) is 1.25. The molecule has 4 heteroatoms. The van der Waals surface area contributed by atoms with Crippen LogP contribution in [0.1, 0.15) is 18.4 Å². The Morgan fingerprint density at radius 1 is 1.42 bits per heavy atom. The van der Waals surface area contributed by atoms with Gasteiger partial charge in [-0.05, 0) is 36.6 Å². The van der Waals surface area contributed by atoms with Crippen LogP contribution in [-0.2, 0) is 16.1 Å². The second kappa shape index (κ2) is 6.57. The highest BCUT2D eigenvalue weighted by molar-refractivity contribution is 5.69. The average Bonchev–Trinajstić information content (AvgIpc) is 2.86. The van der Waals surface area contributed by atoms with Gasteiger partial charge in [-0.15, -0.1) is 0 Å². The molecule has 1 aromatic carbocycles. The van der Waals surface area contributed by atoms with Crippen LogP contribution in [0, 0.1) is 5.92 Å². The van der Waals surface area contributed by atoms with Crippen LogP contribution < -0.4 is 4.74 Å². The molecule has 0 spiro atoms. The second-order valence-electron chi connectivity index (χ2n) is 5.02. The molecule has 1 aromatic rings. The number of hydrogen-bond acceptors (Lipinski definition) is 4. The Morgan fingerprint density at radius 2 is 2.26 bits per heavy atom. The smallest absolute Gasteiger partial charge is 0.305 e. The Hall–Kier alpha value is -1.55. The molecule has 19 heavy (non-hydrogen) atoms. The molecule has 1 aliphatic heterocycles. The van der Waals surface area contributed by atoms with Crippen molar-refractivity contribution in [3.63, 3.8) is 0 Å². The minimum atomic E-state index is -0.103. The summed E-state index contributed by atoms with van der Waals surface area (Å²) in [5.74, 6) is 1.22. The number of benzene rings is 1. The molecule has 0 saturated carbocycles. The van der Waals surface area contributed by atoms with Crippen molar-refractivity contribution in [2.24, 2.45) is 5.92 Å². The van der Waals surface area contributed by atoms with Crippen molar-refractivity contribution >= 4 is 5.97 Å². The van der Waals surface area contributed by atoms with Gasteiger partial charge >= 0.3 is 5.97 Å². The van der Waals surface area contributed by atoms with Crippen molar-refractivity contribution < 1.29 is 14.3 Å². The normalized spacial score (nSPS) is 19.4. The maximum Gasteiger partial charge on any atom is 0.305 e. The van der Waals surface area contributed by atoms with Gasteiger partial charge < -0.3 is 9.47 Å². The molecule has 1 unspecified atom stereocenters. The molecule has 1 heterocycles. The summed E-state index contributed by atoms with van der Waals surface area (Å²) in [6.07, 6.45) is 1.60. The van der Waals surface area contributed by atoms with Gasteiger partial charge in [0.05, 0.1) is 14.2 Å². The lowest BCUT2D eigenvalue weighted by Gasteiger charge is -2.16. The van der Waals surface area contributed by atoms with Crippen LogP contribution in [0.3, 0.4) is 0 Å². The van der Waals surface area contributed by atoms with Crippen LogP contribution in [0.2, 0.25) is 0 Å². The molecule has 0 aromatic heterocycles. The molecule has 0 N–H and O–H groups in total. The van der Waals surface area contributed by atoms with Crippen molar-refractivity contribution in [1.29, 1.82) is 0 Å². The fourth-order valence-corrected chi connectivity index (χ4v) is 2.57. The zero-order chi connectivity index (χ0) is 13.7. The van der Waals surface area contributed by atoms with E-state index in [1.807, 2.05) is 12.1 Å². The van der Waals surface area contributed by atoms with E-state index in [4.69, 9.17) is 9.47 Å². The zero-order valence-corrected chi connectivity index (χ0v) is 11.6. The van der Waals surface area contributed by atoms with E-state index in [1.165, 1.54) is 12.7 Å². The first-order chi connectivity index (χ1) is 9.21. The third-order valence-electron chi connectivity index (χ3n) is 3.59. The average molecular weight is 263 g/mol.